The van der Waals surface area contributed by atoms with E-state index < -0.39 is 0 Å². The lowest BCUT2D eigenvalue weighted by Crippen LogP contribution is -2.29. The molecule has 1 aromatic rings. The van der Waals surface area contributed by atoms with Gasteiger partial charge in [-0.1, -0.05) is 6.42 Å². The minimum Gasteiger partial charge on any atom is -0.393 e. The van der Waals surface area contributed by atoms with E-state index in [1.165, 1.54) is 6.42 Å². The van der Waals surface area contributed by atoms with Gasteiger partial charge in [0.25, 0.3) is 0 Å². The average Bonchev–Trinajstić information content (AvgIpc) is 2.30. The summed E-state index contributed by atoms with van der Waals surface area (Å²) < 4.78 is 0. The third kappa shape index (κ3) is 3.54. The Morgan fingerprint density at radius 2 is 2.38 bits per heavy atom. The van der Waals surface area contributed by atoms with Crippen molar-refractivity contribution in [3.63, 3.8) is 0 Å². The predicted octanol–water partition coefficient (Wildman–Crippen LogP) is 1.12. The maximum absolute atomic E-state index is 9.55. The highest BCUT2D eigenvalue weighted by atomic mass is 16.3. The van der Waals surface area contributed by atoms with Crippen molar-refractivity contribution in [3.8, 4) is 0 Å². The largest absolute Gasteiger partial charge is 0.393 e. The Labute approximate surface area is 96.1 Å². The van der Waals surface area contributed by atoms with Crippen molar-refractivity contribution in [1.82, 2.24) is 15.3 Å². The van der Waals surface area contributed by atoms with Crippen molar-refractivity contribution >= 4 is 0 Å². The molecule has 0 bridgehead atoms. The van der Waals surface area contributed by atoms with Gasteiger partial charge < -0.3 is 10.4 Å². The summed E-state index contributed by atoms with van der Waals surface area (Å²) in [6.07, 6.45) is 7.55. The quantitative estimate of drug-likeness (QED) is 0.800. The normalized spacial score (nSPS) is 25.6. The SMILES string of the molecule is OC1CCCC(CNCc2ccncn2)C1. The van der Waals surface area contributed by atoms with Crippen molar-refractivity contribution in [3.05, 3.63) is 24.3 Å². The second-order valence-electron chi connectivity index (χ2n) is 4.52. The molecule has 0 aromatic carbocycles. The van der Waals surface area contributed by atoms with E-state index in [2.05, 4.69) is 15.3 Å². The first-order valence-electron chi connectivity index (χ1n) is 5.98. The number of rotatable bonds is 4. The minimum absolute atomic E-state index is 0.0837. The van der Waals surface area contributed by atoms with Crippen molar-refractivity contribution in [2.75, 3.05) is 6.54 Å². The van der Waals surface area contributed by atoms with Gasteiger partial charge in [-0.2, -0.15) is 0 Å². The molecule has 1 aliphatic rings. The molecule has 0 aliphatic heterocycles. The third-order valence-corrected chi connectivity index (χ3v) is 3.14. The van der Waals surface area contributed by atoms with Crippen LogP contribution >= 0.6 is 0 Å². The Balaban J connectivity index is 1.68. The molecule has 2 atom stereocenters. The van der Waals surface area contributed by atoms with Crippen LogP contribution in [0.1, 0.15) is 31.4 Å². The molecule has 1 aliphatic carbocycles. The van der Waals surface area contributed by atoms with Gasteiger partial charge >= 0.3 is 0 Å². The molecule has 2 N–H and O–H groups in total. The second kappa shape index (κ2) is 5.92. The van der Waals surface area contributed by atoms with Crippen LogP contribution in [-0.4, -0.2) is 27.7 Å². The van der Waals surface area contributed by atoms with E-state index in [1.807, 2.05) is 6.07 Å². The molecule has 88 valence electrons. The van der Waals surface area contributed by atoms with Gasteiger partial charge in [-0.05, 0) is 37.8 Å². The lowest BCUT2D eigenvalue weighted by molar-refractivity contribution is 0.101. The molecule has 0 spiro atoms. The molecule has 1 heterocycles. The van der Waals surface area contributed by atoms with Gasteiger partial charge in [0.2, 0.25) is 0 Å². The molecule has 4 heteroatoms. The van der Waals surface area contributed by atoms with E-state index in [0.717, 1.165) is 38.0 Å². The molecule has 1 aromatic heterocycles. The first kappa shape index (κ1) is 11.5. The summed E-state index contributed by atoms with van der Waals surface area (Å²) >= 11 is 0. The summed E-state index contributed by atoms with van der Waals surface area (Å²) in [6.45, 7) is 1.76. The minimum atomic E-state index is -0.0837. The molecule has 0 saturated heterocycles. The van der Waals surface area contributed by atoms with Crippen LogP contribution in [0.15, 0.2) is 18.6 Å². The Morgan fingerprint density at radius 3 is 3.12 bits per heavy atom. The Kier molecular flexibility index (Phi) is 4.25. The maximum Gasteiger partial charge on any atom is 0.115 e. The second-order valence-corrected chi connectivity index (χ2v) is 4.52. The van der Waals surface area contributed by atoms with E-state index >= 15 is 0 Å². The fourth-order valence-electron chi connectivity index (χ4n) is 2.28. The van der Waals surface area contributed by atoms with Crippen molar-refractivity contribution in [1.29, 1.82) is 0 Å². The van der Waals surface area contributed by atoms with Crippen molar-refractivity contribution in [2.45, 2.75) is 38.3 Å². The molecule has 0 amide bonds. The zero-order chi connectivity index (χ0) is 11.2. The van der Waals surface area contributed by atoms with Crippen LogP contribution in [0.2, 0.25) is 0 Å². The summed E-state index contributed by atoms with van der Waals surface area (Å²) in [4.78, 5) is 8.03. The number of aliphatic hydroxyl groups is 1. The number of hydrogen-bond acceptors (Lipinski definition) is 4. The van der Waals surface area contributed by atoms with Crippen LogP contribution < -0.4 is 5.32 Å². The number of hydrogen-bond donors (Lipinski definition) is 2. The topological polar surface area (TPSA) is 58.0 Å². The summed E-state index contributed by atoms with van der Waals surface area (Å²) in [7, 11) is 0. The molecule has 16 heavy (non-hydrogen) atoms. The van der Waals surface area contributed by atoms with Gasteiger partial charge in [-0.15, -0.1) is 0 Å². The van der Waals surface area contributed by atoms with E-state index in [-0.39, 0.29) is 6.10 Å². The molecule has 2 rings (SSSR count). The highest BCUT2D eigenvalue weighted by Gasteiger charge is 2.19. The van der Waals surface area contributed by atoms with E-state index in [4.69, 9.17) is 0 Å². The van der Waals surface area contributed by atoms with Crippen LogP contribution in [0, 0.1) is 5.92 Å². The highest BCUT2D eigenvalue weighted by Crippen LogP contribution is 2.23. The third-order valence-electron chi connectivity index (χ3n) is 3.14. The van der Waals surface area contributed by atoms with Gasteiger partial charge in [0.1, 0.15) is 6.33 Å². The first-order chi connectivity index (χ1) is 7.84. The van der Waals surface area contributed by atoms with Crippen LogP contribution in [-0.2, 0) is 6.54 Å². The number of aliphatic hydroxyl groups excluding tert-OH is 1. The van der Waals surface area contributed by atoms with Gasteiger partial charge in [-0.25, -0.2) is 9.97 Å². The zero-order valence-electron chi connectivity index (χ0n) is 9.47. The summed E-state index contributed by atoms with van der Waals surface area (Å²) in [5.74, 6) is 0.616. The van der Waals surface area contributed by atoms with E-state index in [1.54, 1.807) is 12.5 Å². The fourth-order valence-corrected chi connectivity index (χ4v) is 2.28. The number of aromatic nitrogens is 2. The molecular formula is C12H19N3O. The Hall–Kier alpha value is -1.00. The molecular weight excluding hydrogens is 202 g/mol. The maximum atomic E-state index is 9.55. The summed E-state index contributed by atoms with van der Waals surface area (Å²) in [5.41, 5.74) is 1.02. The summed E-state index contributed by atoms with van der Waals surface area (Å²) in [5, 5.41) is 12.9. The Bertz CT molecular complexity index is 304. The molecule has 1 fully saturated rings. The van der Waals surface area contributed by atoms with Crippen LogP contribution in [0.3, 0.4) is 0 Å². The lowest BCUT2D eigenvalue weighted by Gasteiger charge is -2.25. The monoisotopic (exact) mass is 221 g/mol. The van der Waals surface area contributed by atoms with Gasteiger partial charge in [0, 0.05) is 12.7 Å². The smallest absolute Gasteiger partial charge is 0.115 e. The van der Waals surface area contributed by atoms with E-state index in [9.17, 15) is 5.11 Å². The van der Waals surface area contributed by atoms with Crippen LogP contribution in [0.4, 0.5) is 0 Å². The van der Waals surface area contributed by atoms with Gasteiger partial charge in [0.05, 0.1) is 11.8 Å². The van der Waals surface area contributed by atoms with E-state index in [0.29, 0.717) is 5.92 Å². The standard InChI is InChI=1S/C12H19N3O/c16-12-3-1-2-10(6-12)7-14-8-11-4-5-13-9-15-11/h4-5,9-10,12,14,16H,1-3,6-8H2. The Morgan fingerprint density at radius 1 is 1.44 bits per heavy atom. The number of nitrogens with zero attached hydrogens (tertiary/aromatic N) is 2. The fraction of sp³-hybridized carbons (Fsp3) is 0.667. The predicted molar refractivity (Wildman–Crippen MR) is 61.7 cm³/mol. The number of nitrogens with one attached hydrogen (secondary N) is 1. The highest BCUT2D eigenvalue weighted by molar-refractivity contribution is 4.96. The van der Waals surface area contributed by atoms with Crippen LogP contribution in [0.25, 0.3) is 0 Å². The molecule has 2 unspecified atom stereocenters. The molecule has 4 nitrogen and oxygen atoms in total. The van der Waals surface area contributed by atoms with Gasteiger partial charge in [-0.3, -0.25) is 0 Å². The summed E-state index contributed by atoms with van der Waals surface area (Å²) in [6, 6.07) is 1.92. The zero-order valence-corrected chi connectivity index (χ0v) is 9.47. The van der Waals surface area contributed by atoms with Crippen LogP contribution in [0.5, 0.6) is 0 Å². The molecule has 0 radical (unpaired) electrons. The van der Waals surface area contributed by atoms with Crippen molar-refractivity contribution in [2.24, 2.45) is 5.92 Å². The van der Waals surface area contributed by atoms with Gasteiger partial charge in [0.15, 0.2) is 0 Å². The van der Waals surface area contributed by atoms with Crippen molar-refractivity contribution < 1.29 is 5.11 Å². The average molecular weight is 221 g/mol. The molecule has 1 saturated carbocycles. The lowest BCUT2D eigenvalue weighted by atomic mass is 9.87. The first-order valence-corrected chi connectivity index (χ1v) is 5.98.